The van der Waals surface area contributed by atoms with Crippen molar-refractivity contribution in [2.75, 3.05) is 5.32 Å². The molecule has 0 saturated carbocycles. The van der Waals surface area contributed by atoms with E-state index in [-0.39, 0.29) is 0 Å². The number of urea groups is 1. The number of halogens is 1. The van der Waals surface area contributed by atoms with Gasteiger partial charge in [-0.2, -0.15) is 0 Å². The number of hydrogen-bond donors (Lipinski definition) is 3. The Hall–Kier alpha value is -2.11. The fourth-order valence-electron chi connectivity index (χ4n) is 1.52. The lowest BCUT2D eigenvalue weighted by molar-refractivity contribution is -0.117. The minimum absolute atomic E-state index is 0.388. The number of nitrogens with one attached hydrogen (secondary N) is 2. The van der Waals surface area contributed by atoms with Crippen LogP contribution in [0.3, 0.4) is 0 Å². The van der Waals surface area contributed by atoms with Crippen molar-refractivity contribution in [3.05, 3.63) is 29.6 Å². The smallest absolute Gasteiger partial charge is 0.313 e. The minimum Gasteiger partial charge on any atom is -0.352 e. The molecule has 5 nitrogen and oxygen atoms in total. The van der Waals surface area contributed by atoms with Crippen molar-refractivity contribution in [3.63, 3.8) is 0 Å². The highest BCUT2D eigenvalue weighted by molar-refractivity contribution is 6.04. The molecule has 0 spiro atoms. The monoisotopic (exact) mass is 209 g/mol. The molecule has 1 aliphatic rings. The number of benzene rings is 1. The van der Waals surface area contributed by atoms with E-state index in [1.54, 1.807) is 0 Å². The van der Waals surface area contributed by atoms with Gasteiger partial charge in [0.25, 0.3) is 5.91 Å². The van der Waals surface area contributed by atoms with Crippen molar-refractivity contribution in [3.8, 4) is 0 Å². The van der Waals surface area contributed by atoms with Crippen LogP contribution in [-0.2, 0) is 4.79 Å². The van der Waals surface area contributed by atoms with Crippen LogP contribution < -0.4 is 16.4 Å². The Morgan fingerprint density at radius 3 is 2.93 bits per heavy atom. The van der Waals surface area contributed by atoms with Crippen molar-refractivity contribution in [1.29, 1.82) is 0 Å². The summed E-state index contributed by atoms with van der Waals surface area (Å²) < 4.78 is 12.9. The first kappa shape index (κ1) is 9.45. The molecule has 0 saturated heterocycles. The van der Waals surface area contributed by atoms with Crippen molar-refractivity contribution in [2.45, 2.75) is 6.04 Å². The lowest BCUT2D eigenvalue weighted by Gasteiger charge is -2.08. The molecule has 15 heavy (non-hydrogen) atoms. The zero-order valence-corrected chi connectivity index (χ0v) is 7.58. The summed E-state index contributed by atoms with van der Waals surface area (Å²) in [6.45, 7) is 0. The van der Waals surface area contributed by atoms with Gasteiger partial charge in [-0.1, -0.05) is 0 Å². The molecule has 1 unspecified atom stereocenters. The number of nitrogens with two attached hydrogens (primary N) is 1. The Morgan fingerprint density at radius 1 is 1.53 bits per heavy atom. The third-order valence-corrected chi connectivity index (χ3v) is 2.13. The van der Waals surface area contributed by atoms with Gasteiger partial charge < -0.3 is 16.4 Å². The Labute approximate surface area is 84.4 Å². The van der Waals surface area contributed by atoms with E-state index in [4.69, 9.17) is 5.73 Å². The maximum atomic E-state index is 12.9. The van der Waals surface area contributed by atoms with Crippen LogP contribution in [0.2, 0.25) is 0 Å². The highest BCUT2D eigenvalue weighted by atomic mass is 19.1. The van der Waals surface area contributed by atoms with Crippen LogP contribution in [0, 0.1) is 5.82 Å². The van der Waals surface area contributed by atoms with E-state index < -0.39 is 23.8 Å². The second-order valence-corrected chi connectivity index (χ2v) is 3.16. The molecule has 1 aromatic rings. The summed E-state index contributed by atoms with van der Waals surface area (Å²) in [5, 5.41) is 4.74. The van der Waals surface area contributed by atoms with E-state index >= 15 is 0 Å². The Morgan fingerprint density at radius 2 is 2.27 bits per heavy atom. The van der Waals surface area contributed by atoms with E-state index in [0.29, 0.717) is 11.3 Å². The molecule has 6 heteroatoms. The van der Waals surface area contributed by atoms with Gasteiger partial charge in [-0.05, 0) is 18.2 Å². The summed E-state index contributed by atoms with van der Waals surface area (Å²) in [4.78, 5) is 22.0. The first-order valence-electron chi connectivity index (χ1n) is 4.24. The number of rotatable bonds is 1. The van der Waals surface area contributed by atoms with Crippen LogP contribution in [0.4, 0.5) is 14.9 Å². The zero-order chi connectivity index (χ0) is 11.0. The normalized spacial score (nSPS) is 18.2. The Balaban J connectivity index is 2.39. The van der Waals surface area contributed by atoms with Gasteiger partial charge in [0.1, 0.15) is 11.9 Å². The predicted molar refractivity (Wildman–Crippen MR) is 50.5 cm³/mol. The standard InChI is InChI=1S/C9H8FN3O2/c10-4-1-2-6-5(3-4)7(8(14)12-6)13-9(11)15/h1-3,7H,(H,12,14)(H3,11,13,15). The average Bonchev–Trinajstić information content (AvgIpc) is 2.43. The molecule has 78 valence electrons. The van der Waals surface area contributed by atoms with Gasteiger partial charge in [0.2, 0.25) is 0 Å². The number of primary amides is 1. The van der Waals surface area contributed by atoms with Gasteiger partial charge in [-0.3, -0.25) is 4.79 Å². The summed E-state index contributed by atoms with van der Waals surface area (Å²) in [7, 11) is 0. The summed E-state index contributed by atoms with van der Waals surface area (Å²) in [6, 6.07) is 2.12. The molecule has 0 aromatic heterocycles. The van der Waals surface area contributed by atoms with Gasteiger partial charge in [0.15, 0.2) is 0 Å². The van der Waals surface area contributed by atoms with Gasteiger partial charge in [0.05, 0.1) is 0 Å². The molecular formula is C9H8FN3O2. The Kier molecular flexibility index (Phi) is 2.03. The number of carbonyl (C=O) groups is 2. The molecule has 1 atom stereocenters. The van der Waals surface area contributed by atoms with Gasteiger partial charge >= 0.3 is 6.03 Å². The van der Waals surface area contributed by atoms with Crippen LogP contribution in [0.15, 0.2) is 18.2 Å². The van der Waals surface area contributed by atoms with Gasteiger partial charge in [-0.15, -0.1) is 0 Å². The van der Waals surface area contributed by atoms with Crippen molar-refractivity contribution >= 4 is 17.6 Å². The van der Waals surface area contributed by atoms with Crippen molar-refractivity contribution in [1.82, 2.24) is 5.32 Å². The SMILES string of the molecule is NC(=O)NC1C(=O)Nc2ccc(F)cc21. The molecule has 1 heterocycles. The second kappa shape index (κ2) is 3.23. The second-order valence-electron chi connectivity index (χ2n) is 3.16. The average molecular weight is 209 g/mol. The van der Waals surface area contributed by atoms with E-state index in [2.05, 4.69) is 10.6 Å². The maximum Gasteiger partial charge on any atom is 0.313 e. The van der Waals surface area contributed by atoms with E-state index in [1.165, 1.54) is 18.2 Å². The highest BCUT2D eigenvalue weighted by Gasteiger charge is 2.31. The zero-order valence-electron chi connectivity index (χ0n) is 7.58. The molecule has 0 aliphatic carbocycles. The highest BCUT2D eigenvalue weighted by Crippen LogP contribution is 2.30. The number of fused-ring (bicyclic) bond motifs is 1. The molecule has 1 aromatic carbocycles. The quantitative estimate of drug-likeness (QED) is 0.628. The van der Waals surface area contributed by atoms with Gasteiger partial charge in [-0.25, -0.2) is 9.18 Å². The topological polar surface area (TPSA) is 84.2 Å². The minimum atomic E-state index is -0.909. The first-order valence-corrected chi connectivity index (χ1v) is 4.24. The molecule has 2 rings (SSSR count). The third kappa shape index (κ3) is 1.61. The molecule has 0 radical (unpaired) electrons. The predicted octanol–water partition coefficient (Wildman–Crippen LogP) is 0.487. The summed E-state index contributed by atoms with van der Waals surface area (Å²) in [5.41, 5.74) is 5.78. The third-order valence-electron chi connectivity index (χ3n) is 2.13. The largest absolute Gasteiger partial charge is 0.352 e. The Bertz CT molecular complexity index is 447. The number of hydrogen-bond acceptors (Lipinski definition) is 2. The van der Waals surface area contributed by atoms with Crippen LogP contribution >= 0.6 is 0 Å². The van der Waals surface area contributed by atoms with Crippen LogP contribution in [0.25, 0.3) is 0 Å². The first-order chi connectivity index (χ1) is 7.08. The molecule has 1 aliphatic heterocycles. The van der Waals surface area contributed by atoms with E-state index in [9.17, 15) is 14.0 Å². The summed E-state index contributed by atoms with van der Waals surface area (Å²) in [5.74, 6) is -0.893. The number of anilines is 1. The molecule has 4 N–H and O–H groups in total. The molecular weight excluding hydrogens is 201 g/mol. The lowest BCUT2D eigenvalue weighted by Crippen LogP contribution is -2.36. The number of amides is 3. The molecule has 0 bridgehead atoms. The van der Waals surface area contributed by atoms with Crippen LogP contribution in [0.5, 0.6) is 0 Å². The lowest BCUT2D eigenvalue weighted by atomic mass is 10.1. The van der Waals surface area contributed by atoms with Crippen LogP contribution in [-0.4, -0.2) is 11.9 Å². The summed E-state index contributed by atoms with van der Waals surface area (Å²) in [6.07, 6.45) is 0. The number of carbonyl (C=O) groups excluding carboxylic acids is 2. The van der Waals surface area contributed by atoms with Gasteiger partial charge in [0, 0.05) is 11.3 Å². The maximum absolute atomic E-state index is 12.9. The van der Waals surface area contributed by atoms with Crippen molar-refractivity contribution in [2.24, 2.45) is 5.73 Å². The van der Waals surface area contributed by atoms with Crippen LogP contribution in [0.1, 0.15) is 11.6 Å². The van der Waals surface area contributed by atoms with Crippen molar-refractivity contribution < 1.29 is 14.0 Å². The fraction of sp³-hybridized carbons (Fsp3) is 0.111. The summed E-state index contributed by atoms with van der Waals surface area (Å²) >= 11 is 0. The van der Waals surface area contributed by atoms with E-state index in [0.717, 1.165) is 0 Å². The fourth-order valence-corrected chi connectivity index (χ4v) is 1.52. The molecule has 0 fully saturated rings. The molecule has 3 amide bonds. The van der Waals surface area contributed by atoms with E-state index in [1.807, 2.05) is 0 Å².